The first-order chi connectivity index (χ1) is 16.0. The maximum absolute atomic E-state index is 13.2. The van der Waals surface area contributed by atoms with E-state index in [0.717, 1.165) is 16.8 Å². The van der Waals surface area contributed by atoms with Crippen molar-refractivity contribution in [3.63, 3.8) is 0 Å². The average Bonchev–Trinajstić information content (AvgIpc) is 3.37. The van der Waals surface area contributed by atoms with Gasteiger partial charge < -0.3 is 0 Å². The van der Waals surface area contributed by atoms with Gasteiger partial charge in [0.05, 0.1) is 16.9 Å². The lowest BCUT2D eigenvalue weighted by molar-refractivity contribution is 0.0881. The van der Waals surface area contributed by atoms with Crippen molar-refractivity contribution in [3.8, 4) is 11.5 Å². The van der Waals surface area contributed by atoms with E-state index in [0.29, 0.717) is 16.3 Å². The van der Waals surface area contributed by atoms with Crippen LogP contribution in [-0.4, -0.2) is 43.2 Å². The van der Waals surface area contributed by atoms with Crippen LogP contribution in [0.1, 0.15) is 31.1 Å². The van der Waals surface area contributed by atoms with Crippen LogP contribution < -0.4 is 5.01 Å². The first kappa shape index (κ1) is 21.0. The minimum atomic E-state index is -0.501. The monoisotopic (exact) mass is 475 g/mol. The average molecular weight is 476 g/mol. The number of hydrogen-bond donors (Lipinski definition) is 0. The Labute approximate surface area is 197 Å². The van der Waals surface area contributed by atoms with Gasteiger partial charge in [-0.2, -0.15) is 9.69 Å². The number of rotatable bonds is 6. The van der Waals surface area contributed by atoms with Crippen molar-refractivity contribution in [2.75, 3.05) is 10.8 Å². The number of benzene rings is 2. The topological polar surface area (TPSA) is 98.1 Å². The number of fused-ring (bicyclic) bond motifs is 1. The molecule has 10 heteroatoms. The van der Waals surface area contributed by atoms with Crippen molar-refractivity contribution < 1.29 is 14.4 Å². The van der Waals surface area contributed by atoms with Gasteiger partial charge in [-0.1, -0.05) is 41.6 Å². The number of pyridine rings is 1. The van der Waals surface area contributed by atoms with Gasteiger partial charge in [-0.05, 0) is 48.5 Å². The van der Waals surface area contributed by atoms with E-state index in [-0.39, 0.29) is 33.6 Å². The number of amides is 2. The maximum atomic E-state index is 13.2. The molecule has 8 nitrogen and oxygen atoms in total. The first-order valence-corrected chi connectivity index (χ1v) is 11.2. The Morgan fingerprint density at radius 3 is 2.18 bits per heavy atom. The van der Waals surface area contributed by atoms with Crippen LogP contribution in [-0.2, 0) is 0 Å². The summed E-state index contributed by atoms with van der Waals surface area (Å²) >= 11 is 6.97. The molecule has 0 radical (unpaired) electrons. The van der Waals surface area contributed by atoms with Crippen LogP contribution >= 0.6 is 23.4 Å². The lowest BCUT2D eigenvalue weighted by Crippen LogP contribution is -2.41. The van der Waals surface area contributed by atoms with Crippen LogP contribution in [0.5, 0.6) is 0 Å². The van der Waals surface area contributed by atoms with E-state index in [2.05, 4.69) is 15.2 Å². The summed E-state index contributed by atoms with van der Waals surface area (Å²) in [5, 5.41) is 10.1. The highest BCUT2D eigenvalue weighted by Crippen LogP contribution is 2.29. The molecule has 0 aliphatic carbocycles. The zero-order valence-electron chi connectivity index (χ0n) is 16.9. The molecule has 0 fully saturated rings. The van der Waals surface area contributed by atoms with Gasteiger partial charge in [0.25, 0.3) is 11.8 Å². The fourth-order valence-electron chi connectivity index (χ4n) is 3.40. The molecular weight excluding hydrogens is 462 g/mol. The standard InChI is InChI=1S/C23H14ClN5O3S/c24-15-10-8-14(9-11-15)19(30)13-33-23-27-26-20(18-7-3-4-12-25-18)28(23)29-21(31)16-5-1-2-6-17(16)22(29)32/h1-12H,13H2. The Morgan fingerprint density at radius 1 is 0.879 bits per heavy atom. The molecule has 3 heterocycles. The molecule has 0 spiro atoms. The smallest absolute Gasteiger partial charge is 0.281 e. The summed E-state index contributed by atoms with van der Waals surface area (Å²) in [6.45, 7) is 0. The molecule has 1 aliphatic rings. The van der Waals surface area contributed by atoms with Gasteiger partial charge in [-0.15, -0.1) is 10.2 Å². The number of aromatic nitrogens is 4. The number of carbonyl (C=O) groups excluding carboxylic acids is 3. The van der Waals surface area contributed by atoms with Gasteiger partial charge in [0, 0.05) is 16.8 Å². The second-order valence-corrected chi connectivity index (χ2v) is 8.40. The third-order valence-corrected chi connectivity index (χ3v) is 6.15. The molecule has 1 aliphatic heterocycles. The first-order valence-electron chi connectivity index (χ1n) is 9.81. The lowest BCUT2D eigenvalue weighted by Gasteiger charge is -2.18. The predicted molar refractivity (Wildman–Crippen MR) is 123 cm³/mol. The van der Waals surface area contributed by atoms with Crippen LogP contribution in [0.15, 0.2) is 78.1 Å². The normalized spacial score (nSPS) is 12.8. The van der Waals surface area contributed by atoms with Crippen LogP contribution in [0.3, 0.4) is 0 Å². The Kier molecular flexibility index (Phi) is 5.49. The van der Waals surface area contributed by atoms with Crippen molar-refractivity contribution in [1.82, 2.24) is 19.9 Å². The maximum Gasteiger partial charge on any atom is 0.281 e. The Morgan fingerprint density at radius 2 is 1.55 bits per heavy atom. The third-order valence-electron chi connectivity index (χ3n) is 4.98. The SMILES string of the molecule is O=C(CSc1nnc(-c2ccccn2)n1N1C(=O)c2ccccc2C1=O)c1ccc(Cl)cc1. The van der Waals surface area contributed by atoms with Crippen molar-refractivity contribution in [3.05, 3.63) is 94.6 Å². The number of carbonyl (C=O) groups is 3. The molecular formula is C23H14ClN5O3S. The summed E-state index contributed by atoms with van der Waals surface area (Å²) in [4.78, 5) is 43.3. The van der Waals surface area contributed by atoms with Crippen molar-refractivity contribution in [1.29, 1.82) is 0 Å². The lowest BCUT2D eigenvalue weighted by atomic mass is 10.1. The van der Waals surface area contributed by atoms with Gasteiger partial charge in [0.1, 0.15) is 5.69 Å². The highest BCUT2D eigenvalue weighted by molar-refractivity contribution is 7.99. The molecule has 0 saturated heterocycles. The molecule has 0 N–H and O–H groups in total. The van der Waals surface area contributed by atoms with Gasteiger partial charge in [-0.25, -0.2) is 0 Å². The number of Topliss-reactive ketones (excluding diaryl/α,β-unsaturated/α-hetero) is 1. The van der Waals surface area contributed by atoms with Gasteiger partial charge in [0.15, 0.2) is 5.78 Å². The van der Waals surface area contributed by atoms with Crippen LogP contribution in [0, 0.1) is 0 Å². The number of ketones is 1. The van der Waals surface area contributed by atoms with Crippen molar-refractivity contribution in [2.24, 2.45) is 0 Å². The summed E-state index contributed by atoms with van der Waals surface area (Å²) in [7, 11) is 0. The van der Waals surface area contributed by atoms with Gasteiger partial charge >= 0.3 is 0 Å². The molecule has 162 valence electrons. The molecule has 5 rings (SSSR count). The third kappa shape index (κ3) is 3.81. The van der Waals surface area contributed by atoms with Crippen molar-refractivity contribution >= 4 is 41.0 Å². The number of halogens is 1. The Balaban J connectivity index is 1.53. The summed E-state index contributed by atoms with van der Waals surface area (Å²) in [6, 6.07) is 18.3. The van der Waals surface area contributed by atoms with Crippen LogP contribution in [0.2, 0.25) is 5.02 Å². The molecule has 2 aromatic carbocycles. The minimum absolute atomic E-state index is 0.0190. The molecule has 2 amide bonds. The largest absolute Gasteiger partial charge is 0.293 e. The van der Waals surface area contributed by atoms with Crippen LogP contribution in [0.25, 0.3) is 11.5 Å². The van der Waals surface area contributed by atoms with Gasteiger partial charge in [0.2, 0.25) is 11.0 Å². The molecule has 0 bridgehead atoms. The number of thioether (sulfide) groups is 1. The highest BCUT2D eigenvalue weighted by atomic mass is 35.5. The van der Waals surface area contributed by atoms with E-state index in [4.69, 9.17) is 11.6 Å². The highest BCUT2D eigenvalue weighted by Gasteiger charge is 2.39. The molecule has 4 aromatic rings. The molecule has 0 unspecified atom stereocenters. The number of hydrogen-bond acceptors (Lipinski definition) is 7. The summed E-state index contributed by atoms with van der Waals surface area (Å²) in [5.74, 6) is -0.929. The van der Waals surface area contributed by atoms with Crippen LogP contribution in [0.4, 0.5) is 0 Å². The van der Waals surface area contributed by atoms with E-state index >= 15 is 0 Å². The van der Waals surface area contributed by atoms with Gasteiger partial charge in [-0.3, -0.25) is 19.4 Å². The fraction of sp³-hybridized carbons (Fsp3) is 0.0435. The second-order valence-electron chi connectivity index (χ2n) is 7.02. The quantitative estimate of drug-likeness (QED) is 0.237. The minimum Gasteiger partial charge on any atom is -0.293 e. The van der Waals surface area contributed by atoms with E-state index in [1.54, 1.807) is 72.9 Å². The second kappa shape index (κ2) is 8.61. The number of imide groups is 1. The molecule has 0 saturated carbocycles. The van der Waals surface area contributed by atoms with E-state index < -0.39 is 11.8 Å². The summed E-state index contributed by atoms with van der Waals surface area (Å²) in [5.41, 5.74) is 1.49. The Bertz CT molecular complexity index is 1350. The van der Waals surface area contributed by atoms with Crippen molar-refractivity contribution in [2.45, 2.75) is 5.16 Å². The zero-order chi connectivity index (χ0) is 22.9. The molecule has 0 atom stereocenters. The van der Waals surface area contributed by atoms with E-state index in [1.807, 2.05) is 0 Å². The molecule has 2 aromatic heterocycles. The summed E-state index contributed by atoms with van der Waals surface area (Å²) < 4.78 is 1.33. The van der Waals surface area contributed by atoms with E-state index in [1.165, 1.54) is 4.68 Å². The Hall–Kier alpha value is -3.82. The fourth-order valence-corrected chi connectivity index (χ4v) is 4.34. The zero-order valence-corrected chi connectivity index (χ0v) is 18.5. The molecule has 33 heavy (non-hydrogen) atoms. The van der Waals surface area contributed by atoms with E-state index in [9.17, 15) is 14.4 Å². The summed E-state index contributed by atoms with van der Waals surface area (Å²) in [6.07, 6.45) is 1.58. The number of nitrogens with zero attached hydrogens (tertiary/aromatic N) is 5. The predicted octanol–water partition coefficient (Wildman–Crippen LogP) is 3.90.